The summed E-state index contributed by atoms with van der Waals surface area (Å²) in [5.74, 6) is 0. The molecular weight excluding hydrogens is 249 g/mol. The fourth-order valence-corrected chi connectivity index (χ4v) is 1.31. The van der Waals surface area contributed by atoms with Crippen molar-refractivity contribution < 1.29 is 13.2 Å². The zero-order chi connectivity index (χ0) is 10.1. The number of rotatable bonds is 1. The molecule has 2 N–H and O–H groups in total. The average Bonchev–Trinajstić information content (AvgIpc) is 2.02. The first-order chi connectivity index (χ1) is 5.93. The Morgan fingerprint density at radius 3 is 2.54 bits per heavy atom. The average molecular weight is 255 g/mol. The van der Waals surface area contributed by atoms with Gasteiger partial charge >= 0.3 is 6.18 Å². The van der Waals surface area contributed by atoms with Gasteiger partial charge in [0, 0.05) is 16.9 Å². The van der Waals surface area contributed by atoms with Gasteiger partial charge in [-0.15, -0.1) is 0 Å². The summed E-state index contributed by atoms with van der Waals surface area (Å²) >= 11 is 2.95. The lowest BCUT2D eigenvalue weighted by atomic mass is 10.1. The molecular formula is C7H6BrF3N2. The zero-order valence-electron chi connectivity index (χ0n) is 6.35. The van der Waals surface area contributed by atoms with Crippen molar-refractivity contribution in [2.24, 2.45) is 5.73 Å². The summed E-state index contributed by atoms with van der Waals surface area (Å²) in [7, 11) is 0. The highest BCUT2D eigenvalue weighted by Gasteiger charge is 2.38. The summed E-state index contributed by atoms with van der Waals surface area (Å²) in [6.07, 6.45) is -1.88. The summed E-state index contributed by atoms with van der Waals surface area (Å²) in [6.45, 7) is 0. The van der Waals surface area contributed by atoms with Gasteiger partial charge in [-0.05, 0) is 27.6 Å². The highest BCUT2D eigenvalue weighted by molar-refractivity contribution is 9.10. The summed E-state index contributed by atoms with van der Waals surface area (Å²) < 4.78 is 36.7. The molecule has 0 fully saturated rings. The molecule has 1 atom stereocenters. The number of pyridine rings is 1. The number of aromatic nitrogens is 1. The molecule has 1 aromatic rings. The number of halogens is 4. The van der Waals surface area contributed by atoms with Crippen molar-refractivity contribution in [2.45, 2.75) is 12.2 Å². The van der Waals surface area contributed by atoms with E-state index in [-0.39, 0.29) is 10.0 Å². The van der Waals surface area contributed by atoms with Gasteiger partial charge in [0.1, 0.15) is 6.04 Å². The van der Waals surface area contributed by atoms with Crippen LogP contribution in [0.5, 0.6) is 0 Å². The van der Waals surface area contributed by atoms with Crippen LogP contribution in [-0.2, 0) is 0 Å². The molecule has 2 nitrogen and oxygen atoms in total. The fraction of sp³-hybridized carbons (Fsp3) is 0.286. The van der Waals surface area contributed by atoms with Crippen LogP contribution < -0.4 is 5.73 Å². The van der Waals surface area contributed by atoms with E-state index < -0.39 is 12.2 Å². The molecule has 0 aliphatic heterocycles. The Bertz CT molecular complexity index is 300. The van der Waals surface area contributed by atoms with Gasteiger partial charge < -0.3 is 5.73 Å². The van der Waals surface area contributed by atoms with Crippen LogP contribution in [0.1, 0.15) is 11.6 Å². The molecule has 13 heavy (non-hydrogen) atoms. The molecule has 0 spiro atoms. The minimum absolute atomic E-state index is 0.0116. The second kappa shape index (κ2) is 3.63. The van der Waals surface area contributed by atoms with Crippen LogP contribution in [0.25, 0.3) is 0 Å². The van der Waals surface area contributed by atoms with Gasteiger partial charge in [0.15, 0.2) is 0 Å². The molecule has 1 heterocycles. The lowest BCUT2D eigenvalue weighted by Crippen LogP contribution is -2.28. The quantitative estimate of drug-likeness (QED) is 0.836. The zero-order valence-corrected chi connectivity index (χ0v) is 7.93. The van der Waals surface area contributed by atoms with E-state index in [1.54, 1.807) is 0 Å². The van der Waals surface area contributed by atoms with Crippen molar-refractivity contribution in [3.05, 3.63) is 28.5 Å². The van der Waals surface area contributed by atoms with E-state index in [4.69, 9.17) is 5.73 Å². The van der Waals surface area contributed by atoms with E-state index in [1.165, 1.54) is 18.5 Å². The number of hydrogen-bond acceptors (Lipinski definition) is 2. The van der Waals surface area contributed by atoms with Crippen LogP contribution in [0.15, 0.2) is 22.9 Å². The molecule has 0 aliphatic carbocycles. The minimum Gasteiger partial charge on any atom is -0.316 e. The van der Waals surface area contributed by atoms with Crippen molar-refractivity contribution in [3.63, 3.8) is 0 Å². The Hall–Kier alpha value is -0.620. The van der Waals surface area contributed by atoms with Gasteiger partial charge in [-0.25, -0.2) is 0 Å². The van der Waals surface area contributed by atoms with Crippen molar-refractivity contribution in [1.29, 1.82) is 0 Å². The predicted molar refractivity (Wildman–Crippen MR) is 44.9 cm³/mol. The third-order valence-corrected chi connectivity index (χ3v) is 2.15. The van der Waals surface area contributed by atoms with Crippen molar-refractivity contribution >= 4 is 15.9 Å². The standard InChI is InChI=1S/C7H6BrF3N2/c8-5-3-13-2-1-4(5)6(12)7(9,10)11/h1-3,6H,12H2/t6-/m1/s1. The topological polar surface area (TPSA) is 38.9 Å². The number of nitrogens with two attached hydrogens (primary N) is 1. The number of alkyl halides is 3. The van der Waals surface area contributed by atoms with Gasteiger partial charge in [0.2, 0.25) is 0 Å². The van der Waals surface area contributed by atoms with E-state index in [0.717, 1.165) is 0 Å². The largest absolute Gasteiger partial charge is 0.407 e. The Labute approximate surface area is 81.1 Å². The maximum Gasteiger partial charge on any atom is 0.407 e. The maximum atomic E-state index is 12.1. The van der Waals surface area contributed by atoms with Crippen LogP contribution in [0.3, 0.4) is 0 Å². The Morgan fingerprint density at radius 1 is 1.46 bits per heavy atom. The van der Waals surface area contributed by atoms with E-state index >= 15 is 0 Å². The lowest BCUT2D eigenvalue weighted by Gasteiger charge is -2.16. The monoisotopic (exact) mass is 254 g/mol. The molecule has 0 bridgehead atoms. The van der Waals surface area contributed by atoms with Crippen LogP contribution >= 0.6 is 15.9 Å². The molecule has 0 saturated heterocycles. The summed E-state index contributed by atoms with van der Waals surface area (Å²) in [6, 6.07) is -0.729. The Morgan fingerprint density at radius 2 is 2.08 bits per heavy atom. The normalized spacial score (nSPS) is 14.2. The van der Waals surface area contributed by atoms with Crippen molar-refractivity contribution in [3.8, 4) is 0 Å². The maximum absolute atomic E-state index is 12.1. The van der Waals surface area contributed by atoms with Crippen LogP contribution in [0.4, 0.5) is 13.2 Å². The first-order valence-electron chi connectivity index (χ1n) is 3.34. The summed E-state index contributed by atoms with van der Waals surface area (Å²) in [5, 5.41) is 0. The summed E-state index contributed by atoms with van der Waals surface area (Å²) in [5.41, 5.74) is 4.98. The number of hydrogen-bond donors (Lipinski definition) is 1. The molecule has 0 saturated carbocycles. The molecule has 0 aliphatic rings. The minimum atomic E-state index is -4.43. The smallest absolute Gasteiger partial charge is 0.316 e. The molecule has 1 aromatic heterocycles. The third-order valence-electron chi connectivity index (χ3n) is 1.49. The molecule has 6 heteroatoms. The predicted octanol–water partition coefficient (Wildman–Crippen LogP) is 2.41. The second-order valence-corrected chi connectivity index (χ2v) is 3.27. The SMILES string of the molecule is N[C@H](c1ccncc1Br)C(F)(F)F. The Balaban J connectivity index is 3.02. The highest BCUT2D eigenvalue weighted by atomic mass is 79.9. The Kier molecular flexibility index (Phi) is 2.92. The highest BCUT2D eigenvalue weighted by Crippen LogP contribution is 2.33. The van der Waals surface area contributed by atoms with Crippen molar-refractivity contribution in [2.75, 3.05) is 0 Å². The van der Waals surface area contributed by atoms with E-state index in [0.29, 0.717) is 0 Å². The lowest BCUT2D eigenvalue weighted by molar-refractivity contribution is -0.149. The molecule has 72 valence electrons. The first kappa shape index (κ1) is 10.5. The van der Waals surface area contributed by atoms with E-state index in [1.807, 2.05) is 0 Å². The van der Waals surface area contributed by atoms with E-state index in [9.17, 15) is 13.2 Å². The van der Waals surface area contributed by atoms with Crippen molar-refractivity contribution in [1.82, 2.24) is 4.98 Å². The van der Waals surface area contributed by atoms with Gasteiger partial charge in [0.25, 0.3) is 0 Å². The molecule has 1 rings (SSSR count). The molecule has 0 amide bonds. The van der Waals surface area contributed by atoms with E-state index in [2.05, 4.69) is 20.9 Å². The molecule has 0 unspecified atom stereocenters. The van der Waals surface area contributed by atoms with Gasteiger partial charge in [-0.3, -0.25) is 4.98 Å². The number of nitrogens with zero attached hydrogens (tertiary/aromatic N) is 1. The second-order valence-electron chi connectivity index (χ2n) is 2.42. The van der Waals surface area contributed by atoms with Crippen LogP contribution in [0.2, 0.25) is 0 Å². The first-order valence-corrected chi connectivity index (χ1v) is 4.14. The van der Waals surface area contributed by atoms with Crippen LogP contribution in [0, 0.1) is 0 Å². The van der Waals surface area contributed by atoms with Gasteiger partial charge in [-0.2, -0.15) is 13.2 Å². The third kappa shape index (κ3) is 2.41. The molecule has 0 aromatic carbocycles. The molecule has 0 radical (unpaired) electrons. The summed E-state index contributed by atoms with van der Waals surface area (Å²) in [4.78, 5) is 3.64. The van der Waals surface area contributed by atoms with Gasteiger partial charge in [0.05, 0.1) is 0 Å². The fourth-order valence-electron chi connectivity index (χ4n) is 0.814. The van der Waals surface area contributed by atoms with Crippen LogP contribution in [-0.4, -0.2) is 11.2 Å². The van der Waals surface area contributed by atoms with Gasteiger partial charge in [-0.1, -0.05) is 0 Å².